The summed E-state index contributed by atoms with van der Waals surface area (Å²) in [5, 5.41) is 0. The number of rotatable bonds is 3. The third-order valence-electron chi connectivity index (χ3n) is 3.74. The number of hydrogen-bond donors (Lipinski definition) is 0. The second kappa shape index (κ2) is 5.00. The van der Waals surface area contributed by atoms with Crippen molar-refractivity contribution in [3.05, 3.63) is 59.7 Å². The van der Waals surface area contributed by atoms with Gasteiger partial charge in [-0.15, -0.1) is 0 Å². The van der Waals surface area contributed by atoms with Crippen LogP contribution in [-0.2, 0) is 6.42 Å². The highest BCUT2D eigenvalue weighted by Crippen LogP contribution is 2.30. The van der Waals surface area contributed by atoms with Gasteiger partial charge in [-0.3, -0.25) is 4.98 Å². The lowest BCUT2D eigenvalue weighted by atomic mass is 9.92. The summed E-state index contributed by atoms with van der Waals surface area (Å²) >= 11 is 0. The maximum Gasteiger partial charge on any atom is 0.149 e. The zero-order valence-corrected chi connectivity index (χ0v) is 11.0. The zero-order chi connectivity index (χ0) is 13.2. The van der Waals surface area contributed by atoms with Gasteiger partial charge in [0.05, 0.1) is 5.69 Å². The molecule has 98 valence electrons. The van der Waals surface area contributed by atoms with Crippen LogP contribution in [0.4, 0.5) is 10.1 Å². The van der Waals surface area contributed by atoms with E-state index < -0.39 is 0 Å². The highest BCUT2D eigenvalue weighted by atomic mass is 19.1. The lowest BCUT2D eigenvalue weighted by Gasteiger charge is -2.41. The van der Waals surface area contributed by atoms with Gasteiger partial charge < -0.3 is 4.90 Å². The van der Waals surface area contributed by atoms with E-state index in [1.54, 1.807) is 0 Å². The van der Waals surface area contributed by atoms with Gasteiger partial charge in [0.2, 0.25) is 0 Å². The van der Waals surface area contributed by atoms with Crippen molar-refractivity contribution in [2.75, 3.05) is 18.0 Å². The van der Waals surface area contributed by atoms with Crippen LogP contribution < -0.4 is 4.90 Å². The van der Waals surface area contributed by atoms with E-state index >= 15 is 0 Å². The summed E-state index contributed by atoms with van der Waals surface area (Å²) in [4.78, 5) is 6.14. The van der Waals surface area contributed by atoms with E-state index in [0.29, 0.717) is 5.92 Å². The van der Waals surface area contributed by atoms with E-state index in [0.717, 1.165) is 30.8 Å². The minimum atomic E-state index is -0.0788. The van der Waals surface area contributed by atoms with Gasteiger partial charge in [0, 0.05) is 25.5 Å². The molecule has 2 aromatic rings. The quantitative estimate of drug-likeness (QED) is 0.838. The Kier molecular flexibility index (Phi) is 3.20. The van der Waals surface area contributed by atoms with Crippen LogP contribution in [0.3, 0.4) is 0 Å². The smallest absolute Gasteiger partial charge is 0.149 e. The van der Waals surface area contributed by atoms with E-state index in [-0.39, 0.29) is 5.82 Å². The number of anilines is 1. The van der Waals surface area contributed by atoms with Crippen molar-refractivity contribution in [2.24, 2.45) is 5.92 Å². The molecule has 1 aromatic carbocycles. The molecule has 2 heterocycles. The van der Waals surface area contributed by atoms with Gasteiger partial charge in [-0.1, -0.05) is 12.1 Å². The van der Waals surface area contributed by atoms with Crippen LogP contribution in [0.2, 0.25) is 0 Å². The topological polar surface area (TPSA) is 16.1 Å². The Morgan fingerprint density at radius 2 is 1.95 bits per heavy atom. The van der Waals surface area contributed by atoms with Gasteiger partial charge in [-0.2, -0.15) is 0 Å². The lowest BCUT2D eigenvalue weighted by Crippen LogP contribution is -2.48. The van der Waals surface area contributed by atoms with Crippen molar-refractivity contribution in [3.63, 3.8) is 0 Å². The molecule has 0 saturated carbocycles. The molecule has 0 radical (unpaired) electrons. The molecule has 0 amide bonds. The van der Waals surface area contributed by atoms with Crippen molar-refractivity contribution in [1.29, 1.82) is 0 Å². The molecule has 0 spiro atoms. The largest absolute Gasteiger partial charge is 0.368 e. The number of aromatic nitrogens is 1. The van der Waals surface area contributed by atoms with Crippen LogP contribution >= 0.6 is 0 Å². The first-order valence-corrected chi connectivity index (χ1v) is 6.63. The number of benzene rings is 1. The first-order chi connectivity index (χ1) is 9.24. The van der Waals surface area contributed by atoms with E-state index in [1.807, 2.05) is 37.5 Å². The first-order valence-electron chi connectivity index (χ1n) is 6.63. The number of halogens is 1. The summed E-state index contributed by atoms with van der Waals surface area (Å²) in [7, 11) is 0. The maximum atomic E-state index is 14.0. The third kappa shape index (κ3) is 2.46. The fourth-order valence-electron chi connectivity index (χ4n) is 2.62. The maximum absolute atomic E-state index is 14.0. The molecular formula is C16H17FN2. The molecular weight excluding hydrogens is 239 g/mol. The fraction of sp³-hybridized carbons (Fsp3) is 0.312. The molecule has 0 bridgehead atoms. The number of hydrogen-bond acceptors (Lipinski definition) is 2. The molecule has 3 rings (SSSR count). The molecule has 19 heavy (non-hydrogen) atoms. The average molecular weight is 256 g/mol. The minimum absolute atomic E-state index is 0.0788. The first kappa shape index (κ1) is 12.2. The molecule has 3 heteroatoms. The molecule has 0 unspecified atom stereocenters. The fourth-order valence-corrected chi connectivity index (χ4v) is 2.62. The third-order valence-corrected chi connectivity index (χ3v) is 3.74. The van der Waals surface area contributed by atoms with Crippen LogP contribution in [-0.4, -0.2) is 18.1 Å². The van der Waals surface area contributed by atoms with Gasteiger partial charge in [-0.25, -0.2) is 4.39 Å². The van der Waals surface area contributed by atoms with Gasteiger partial charge in [-0.05, 0) is 48.6 Å². The van der Waals surface area contributed by atoms with Crippen molar-refractivity contribution >= 4 is 5.69 Å². The number of pyridine rings is 1. The molecule has 1 fully saturated rings. The monoisotopic (exact) mass is 256 g/mol. The Morgan fingerprint density at radius 3 is 2.68 bits per heavy atom. The second-order valence-corrected chi connectivity index (χ2v) is 5.24. The average Bonchev–Trinajstić information content (AvgIpc) is 2.39. The van der Waals surface area contributed by atoms with Gasteiger partial charge in [0.1, 0.15) is 5.82 Å². The minimum Gasteiger partial charge on any atom is -0.368 e. The van der Waals surface area contributed by atoms with E-state index in [2.05, 4.69) is 22.0 Å². The molecule has 0 atom stereocenters. The SMILES string of the molecule is Cc1cccc(N2CC(Cc3ccncc3)C2)c1F. The van der Waals surface area contributed by atoms with Gasteiger partial charge >= 0.3 is 0 Å². The van der Waals surface area contributed by atoms with Crippen LogP contribution in [0.25, 0.3) is 0 Å². The molecule has 1 saturated heterocycles. The lowest BCUT2D eigenvalue weighted by molar-refractivity contribution is 0.402. The Morgan fingerprint density at radius 1 is 1.21 bits per heavy atom. The summed E-state index contributed by atoms with van der Waals surface area (Å²) in [6.07, 6.45) is 4.70. The van der Waals surface area contributed by atoms with E-state index in [4.69, 9.17) is 0 Å². The van der Waals surface area contributed by atoms with Crippen molar-refractivity contribution < 1.29 is 4.39 Å². The number of aryl methyl sites for hydroxylation is 1. The summed E-state index contributed by atoms with van der Waals surface area (Å²) < 4.78 is 14.0. The molecule has 0 aliphatic carbocycles. The Hall–Kier alpha value is -1.90. The molecule has 1 aliphatic heterocycles. The van der Waals surface area contributed by atoms with Crippen molar-refractivity contribution in [1.82, 2.24) is 4.98 Å². The molecule has 1 aliphatic rings. The predicted octanol–water partition coefficient (Wildman–Crippen LogP) is 3.21. The summed E-state index contributed by atoms with van der Waals surface area (Å²) in [6.45, 7) is 3.68. The predicted molar refractivity (Wildman–Crippen MR) is 74.8 cm³/mol. The van der Waals surface area contributed by atoms with Crippen LogP contribution in [0.15, 0.2) is 42.7 Å². The Bertz CT molecular complexity index is 562. The highest BCUT2D eigenvalue weighted by molar-refractivity contribution is 5.52. The van der Waals surface area contributed by atoms with Gasteiger partial charge in [0.25, 0.3) is 0 Å². The Balaban J connectivity index is 1.62. The van der Waals surface area contributed by atoms with Crippen molar-refractivity contribution in [3.8, 4) is 0 Å². The number of nitrogens with zero attached hydrogens (tertiary/aromatic N) is 2. The standard InChI is InChI=1S/C16H17FN2/c1-12-3-2-4-15(16(12)17)19-10-14(11-19)9-13-5-7-18-8-6-13/h2-8,14H,9-11H2,1H3. The highest BCUT2D eigenvalue weighted by Gasteiger charge is 2.28. The van der Waals surface area contributed by atoms with E-state index in [9.17, 15) is 4.39 Å². The van der Waals surface area contributed by atoms with Gasteiger partial charge in [0.15, 0.2) is 0 Å². The molecule has 1 aromatic heterocycles. The van der Waals surface area contributed by atoms with Crippen molar-refractivity contribution in [2.45, 2.75) is 13.3 Å². The summed E-state index contributed by atoms with van der Waals surface area (Å²) in [6, 6.07) is 9.70. The molecule has 0 N–H and O–H groups in total. The van der Waals surface area contributed by atoms with E-state index in [1.165, 1.54) is 5.56 Å². The zero-order valence-electron chi connectivity index (χ0n) is 11.0. The van der Waals surface area contributed by atoms with Crippen LogP contribution in [0.5, 0.6) is 0 Å². The summed E-state index contributed by atoms with van der Waals surface area (Å²) in [5.41, 5.74) is 2.77. The molecule has 2 nitrogen and oxygen atoms in total. The second-order valence-electron chi connectivity index (χ2n) is 5.24. The summed E-state index contributed by atoms with van der Waals surface area (Å²) in [5.74, 6) is 0.534. The van der Waals surface area contributed by atoms with Crippen LogP contribution in [0, 0.1) is 18.7 Å². The van der Waals surface area contributed by atoms with Crippen LogP contribution in [0.1, 0.15) is 11.1 Å². The normalized spacial score (nSPS) is 15.4. The Labute approximate surface area is 112 Å².